The Morgan fingerprint density at radius 2 is 1.70 bits per heavy atom. The summed E-state index contributed by atoms with van der Waals surface area (Å²) in [6.45, 7) is 6.43. The Hall–Kier alpha value is -1.74. The Kier molecular flexibility index (Phi) is 8.05. The molecule has 1 aliphatic heterocycles. The summed E-state index contributed by atoms with van der Waals surface area (Å²) in [6.07, 6.45) is 1.86. The van der Waals surface area contributed by atoms with E-state index in [1.165, 1.54) is 11.8 Å². The van der Waals surface area contributed by atoms with Crippen molar-refractivity contribution in [3.05, 3.63) is 59.1 Å². The largest absolute Gasteiger partial charge is 0.492 e. The molecule has 0 aliphatic carbocycles. The van der Waals surface area contributed by atoms with Crippen LogP contribution in [0, 0.1) is 6.92 Å². The molecule has 0 amide bonds. The van der Waals surface area contributed by atoms with Crippen molar-refractivity contribution in [1.82, 2.24) is 9.80 Å². The van der Waals surface area contributed by atoms with Crippen LogP contribution in [0.25, 0.3) is 0 Å². The number of piperazine rings is 1. The van der Waals surface area contributed by atoms with Gasteiger partial charge in [0.15, 0.2) is 5.17 Å². The van der Waals surface area contributed by atoms with Crippen LogP contribution in [0.3, 0.4) is 0 Å². The van der Waals surface area contributed by atoms with E-state index in [0.29, 0.717) is 16.8 Å². The monoisotopic (exact) mass is 467 g/mol. The summed E-state index contributed by atoms with van der Waals surface area (Å²) in [4.78, 5) is 4.56. The van der Waals surface area contributed by atoms with Gasteiger partial charge in [0.25, 0.3) is 10.0 Å². The minimum absolute atomic E-state index is 0.220. The summed E-state index contributed by atoms with van der Waals surface area (Å²) in [6, 6.07) is 14.1. The summed E-state index contributed by atoms with van der Waals surface area (Å²) in [5.41, 5.74) is 1.01. The second kappa shape index (κ2) is 10.5. The molecule has 1 fully saturated rings. The van der Waals surface area contributed by atoms with E-state index < -0.39 is 10.0 Å². The van der Waals surface area contributed by atoms with Crippen LogP contribution in [-0.4, -0.2) is 69.0 Å². The highest BCUT2D eigenvalue weighted by atomic mass is 35.5. The number of hydrogen-bond donors (Lipinski definition) is 0. The van der Waals surface area contributed by atoms with Crippen LogP contribution in [0.4, 0.5) is 0 Å². The van der Waals surface area contributed by atoms with Gasteiger partial charge in [-0.05, 0) is 49.6 Å². The first-order chi connectivity index (χ1) is 14.4. The number of benzene rings is 2. The quantitative estimate of drug-likeness (QED) is 0.476. The standard InChI is InChI=1S/C21H26ClN3O3S2/c1-17-3-9-20(10-4-17)30(26,27)23-21(29-2)25-13-11-24(12-14-25)15-16-28-19-7-5-18(22)6-8-19/h3-10H,11-16H2,1-2H3. The molecule has 6 nitrogen and oxygen atoms in total. The van der Waals surface area contributed by atoms with Crippen LogP contribution >= 0.6 is 23.4 Å². The Bertz CT molecular complexity index is 956. The van der Waals surface area contributed by atoms with E-state index in [-0.39, 0.29) is 4.90 Å². The van der Waals surface area contributed by atoms with Crippen molar-refractivity contribution < 1.29 is 13.2 Å². The highest BCUT2D eigenvalue weighted by Gasteiger charge is 2.22. The Balaban J connectivity index is 1.52. The van der Waals surface area contributed by atoms with E-state index in [1.54, 1.807) is 24.3 Å². The molecule has 2 aromatic carbocycles. The first-order valence-electron chi connectivity index (χ1n) is 9.69. The lowest BCUT2D eigenvalue weighted by Gasteiger charge is -2.35. The van der Waals surface area contributed by atoms with Gasteiger partial charge in [-0.15, -0.1) is 4.40 Å². The molecule has 0 spiro atoms. The zero-order valence-electron chi connectivity index (χ0n) is 17.1. The summed E-state index contributed by atoms with van der Waals surface area (Å²) in [5, 5.41) is 1.22. The van der Waals surface area contributed by atoms with E-state index in [4.69, 9.17) is 16.3 Å². The molecule has 162 valence electrons. The molecule has 1 saturated heterocycles. The molecule has 9 heteroatoms. The van der Waals surface area contributed by atoms with Crippen molar-refractivity contribution >= 4 is 38.6 Å². The molecule has 30 heavy (non-hydrogen) atoms. The molecule has 1 heterocycles. The van der Waals surface area contributed by atoms with Crippen molar-refractivity contribution in [3.63, 3.8) is 0 Å². The Labute approximate surface area is 187 Å². The number of rotatable bonds is 6. The maximum Gasteiger partial charge on any atom is 0.284 e. The zero-order valence-corrected chi connectivity index (χ0v) is 19.5. The number of thioether (sulfide) groups is 1. The maximum absolute atomic E-state index is 12.7. The van der Waals surface area contributed by atoms with Crippen LogP contribution in [0.5, 0.6) is 5.75 Å². The predicted molar refractivity (Wildman–Crippen MR) is 124 cm³/mol. The second-order valence-electron chi connectivity index (χ2n) is 7.00. The lowest BCUT2D eigenvalue weighted by molar-refractivity contribution is 0.155. The zero-order chi connectivity index (χ0) is 21.6. The first kappa shape index (κ1) is 22.9. The van der Waals surface area contributed by atoms with Gasteiger partial charge < -0.3 is 9.64 Å². The Morgan fingerprint density at radius 3 is 2.30 bits per heavy atom. The predicted octanol–water partition coefficient (Wildman–Crippen LogP) is 3.75. The van der Waals surface area contributed by atoms with Crippen LogP contribution in [0.15, 0.2) is 57.8 Å². The van der Waals surface area contributed by atoms with Crippen LogP contribution in [0.2, 0.25) is 5.02 Å². The van der Waals surface area contributed by atoms with Gasteiger partial charge in [-0.1, -0.05) is 41.1 Å². The number of nitrogens with zero attached hydrogens (tertiary/aromatic N) is 3. The van der Waals surface area contributed by atoms with Gasteiger partial charge in [0.2, 0.25) is 0 Å². The van der Waals surface area contributed by atoms with Crippen molar-refractivity contribution in [2.24, 2.45) is 4.40 Å². The number of ether oxygens (including phenoxy) is 1. The van der Waals surface area contributed by atoms with Gasteiger partial charge in [-0.2, -0.15) is 8.42 Å². The number of amidine groups is 1. The van der Waals surface area contributed by atoms with Crippen molar-refractivity contribution in [3.8, 4) is 5.75 Å². The van der Waals surface area contributed by atoms with Crippen LogP contribution in [-0.2, 0) is 10.0 Å². The fraction of sp³-hybridized carbons (Fsp3) is 0.381. The van der Waals surface area contributed by atoms with Crippen molar-refractivity contribution in [2.75, 3.05) is 45.6 Å². The van der Waals surface area contributed by atoms with Crippen LogP contribution < -0.4 is 4.74 Å². The second-order valence-corrected chi connectivity index (χ2v) is 9.81. The van der Waals surface area contributed by atoms with E-state index in [2.05, 4.69) is 9.30 Å². The highest BCUT2D eigenvalue weighted by molar-refractivity contribution is 8.13. The van der Waals surface area contributed by atoms with Gasteiger partial charge in [-0.3, -0.25) is 4.90 Å². The van der Waals surface area contributed by atoms with Gasteiger partial charge >= 0.3 is 0 Å². The van der Waals surface area contributed by atoms with Gasteiger partial charge in [-0.25, -0.2) is 0 Å². The fourth-order valence-corrected chi connectivity index (χ4v) is 5.14. The molecule has 0 radical (unpaired) electrons. The fourth-order valence-electron chi connectivity index (χ4n) is 3.08. The van der Waals surface area contributed by atoms with E-state index in [0.717, 1.165) is 44.0 Å². The molecular weight excluding hydrogens is 442 g/mol. The summed E-state index contributed by atoms with van der Waals surface area (Å²) in [7, 11) is -3.72. The minimum atomic E-state index is -3.72. The summed E-state index contributed by atoms with van der Waals surface area (Å²) >= 11 is 7.24. The lowest BCUT2D eigenvalue weighted by Crippen LogP contribution is -2.49. The third-order valence-corrected chi connectivity index (χ3v) is 7.20. The molecular formula is C21H26ClN3O3S2. The Morgan fingerprint density at radius 1 is 1.07 bits per heavy atom. The van der Waals surface area contributed by atoms with E-state index in [9.17, 15) is 8.42 Å². The molecule has 0 saturated carbocycles. The van der Waals surface area contributed by atoms with Gasteiger partial charge in [0.05, 0.1) is 4.90 Å². The van der Waals surface area contributed by atoms with Crippen molar-refractivity contribution in [1.29, 1.82) is 0 Å². The number of sulfonamides is 1. The molecule has 0 atom stereocenters. The highest BCUT2D eigenvalue weighted by Crippen LogP contribution is 2.18. The van der Waals surface area contributed by atoms with E-state index in [1.807, 2.05) is 42.3 Å². The molecule has 1 aliphatic rings. The molecule has 3 rings (SSSR count). The SMILES string of the molecule is CSC(=NS(=O)(=O)c1ccc(C)cc1)N1CCN(CCOc2ccc(Cl)cc2)CC1. The summed E-state index contributed by atoms with van der Waals surface area (Å²) < 4.78 is 35.2. The maximum atomic E-state index is 12.7. The molecule has 0 unspecified atom stereocenters. The number of aryl methyl sites for hydroxylation is 1. The average molecular weight is 468 g/mol. The molecule has 2 aromatic rings. The summed E-state index contributed by atoms with van der Waals surface area (Å²) in [5.74, 6) is 0.802. The third kappa shape index (κ3) is 6.38. The van der Waals surface area contributed by atoms with Crippen molar-refractivity contribution in [2.45, 2.75) is 11.8 Å². The van der Waals surface area contributed by atoms with Gasteiger partial charge in [0, 0.05) is 37.7 Å². The lowest BCUT2D eigenvalue weighted by atomic mass is 10.2. The number of hydrogen-bond acceptors (Lipinski definition) is 5. The minimum Gasteiger partial charge on any atom is -0.492 e. The number of halogens is 1. The third-order valence-electron chi connectivity index (χ3n) is 4.83. The van der Waals surface area contributed by atoms with Crippen LogP contribution in [0.1, 0.15) is 5.56 Å². The average Bonchev–Trinajstić information content (AvgIpc) is 2.74. The van der Waals surface area contributed by atoms with E-state index >= 15 is 0 Å². The first-order valence-corrected chi connectivity index (χ1v) is 12.7. The smallest absolute Gasteiger partial charge is 0.284 e. The molecule has 0 bridgehead atoms. The van der Waals surface area contributed by atoms with Gasteiger partial charge in [0.1, 0.15) is 12.4 Å². The molecule has 0 aromatic heterocycles. The topological polar surface area (TPSA) is 62.2 Å². The molecule has 0 N–H and O–H groups in total. The normalized spacial score (nSPS) is 16.0.